The molecule has 1 saturated heterocycles. The van der Waals surface area contributed by atoms with Gasteiger partial charge in [-0.1, -0.05) is 6.92 Å². The van der Waals surface area contributed by atoms with Crippen molar-refractivity contribution >= 4 is 5.91 Å². The van der Waals surface area contributed by atoms with Crippen molar-refractivity contribution in [1.82, 2.24) is 10.6 Å². The molecule has 0 aliphatic carbocycles. The van der Waals surface area contributed by atoms with E-state index in [1.54, 1.807) is 0 Å². The molecular formula is C10H20N2O3. The monoisotopic (exact) mass is 216 g/mol. The molecule has 15 heavy (non-hydrogen) atoms. The Balaban J connectivity index is 2.53. The van der Waals surface area contributed by atoms with Gasteiger partial charge in [0.2, 0.25) is 5.91 Å². The second-order valence-corrected chi connectivity index (χ2v) is 4.09. The van der Waals surface area contributed by atoms with E-state index < -0.39 is 5.54 Å². The van der Waals surface area contributed by atoms with E-state index in [0.29, 0.717) is 6.42 Å². The van der Waals surface area contributed by atoms with E-state index in [1.807, 2.05) is 6.92 Å². The maximum Gasteiger partial charge on any atom is 0.237 e. The Bertz CT molecular complexity index is 202. The number of carbonyl (C=O) groups excluding carboxylic acids is 1. The minimum Gasteiger partial charge on any atom is -0.394 e. The van der Waals surface area contributed by atoms with Gasteiger partial charge in [0.05, 0.1) is 24.8 Å². The molecule has 0 unspecified atom stereocenters. The molecule has 0 saturated carbocycles. The van der Waals surface area contributed by atoms with E-state index >= 15 is 0 Å². The van der Waals surface area contributed by atoms with Crippen molar-refractivity contribution in [2.75, 3.05) is 19.8 Å². The van der Waals surface area contributed by atoms with Crippen LogP contribution in [-0.4, -0.2) is 47.5 Å². The van der Waals surface area contributed by atoms with Gasteiger partial charge in [-0.05, 0) is 25.8 Å². The van der Waals surface area contributed by atoms with Gasteiger partial charge in [-0.15, -0.1) is 0 Å². The lowest BCUT2D eigenvalue weighted by Crippen LogP contribution is -2.57. The van der Waals surface area contributed by atoms with Crippen LogP contribution < -0.4 is 10.6 Å². The van der Waals surface area contributed by atoms with Gasteiger partial charge in [-0.3, -0.25) is 4.79 Å². The molecule has 5 heteroatoms. The summed E-state index contributed by atoms with van der Waals surface area (Å²) in [5.41, 5.74) is -0.874. The van der Waals surface area contributed by atoms with E-state index in [-0.39, 0.29) is 25.2 Å². The van der Waals surface area contributed by atoms with Gasteiger partial charge in [0, 0.05) is 0 Å². The second kappa shape index (κ2) is 5.44. The lowest BCUT2D eigenvalue weighted by molar-refractivity contribution is -0.126. The smallest absolute Gasteiger partial charge is 0.237 e. The van der Waals surface area contributed by atoms with Crippen LogP contribution in [0.2, 0.25) is 0 Å². The van der Waals surface area contributed by atoms with E-state index in [9.17, 15) is 15.0 Å². The zero-order valence-electron chi connectivity index (χ0n) is 9.12. The quantitative estimate of drug-likeness (QED) is 0.474. The van der Waals surface area contributed by atoms with Gasteiger partial charge in [-0.25, -0.2) is 0 Å². The van der Waals surface area contributed by atoms with Gasteiger partial charge in [-0.2, -0.15) is 0 Å². The molecule has 1 amide bonds. The predicted molar refractivity (Wildman–Crippen MR) is 56.4 cm³/mol. The van der Waals surface area contributed by atoms with Crippen molar-refractivity contribution in [3.8, 4) is 0 Å². The molecule has 0 aromatic heterocycles. The Hall–Kier alpha value is -0.650. The molecule has 1 aliphatic heterocycles. The first-order valence-electron chi connectivity index (χ1n) is 5.44. The summed E-state index contributed by atoms with van der Waals surface area (Å²) in [6.07, 6.45) is 2.33. The molecule has 0 radical (unpaired) electrons. The number of amides is 1. The zero-order chi connectivity index (χ0) is 11.3. The third-order valence-electron chi connectivity index (χ3n) is 3.05. The number of rotatable bonds is 5. The van der Waals surface area contributed by atoms with Gasteiger partial charge in [0.15, 0.2) is 0 Å². The summed E-state index contributed by atoms with van der Waals surface area (Å²) in [6.45, 7) is 2.21. The average molecular weight is 216 g/mol. The minimum absolute atomic E-state index is 0.127. The minimum atomic E-state index is -0.874. The Morgan fingerprint density at radius 3 is 2.60 bits per heavy atom. The van der Waals surface area contributed by atoms with Crippen molar-refractivity contribution in [2.24, 2.45) is 0 Å². The summed E-state index contributed by atoms with van der Waals surface area (Å²) in [7, 11) is 0. The molecule has 1 aliphatic rings. The van der Waals surface area contributed by atoms with E-state index in [4.69, 9.17) is 0 Å². The van der Waals surface area contributed by atoms with Crippen molar-refractivity contribution in [3.63, 3.8) is 0 Å². The van der Waals surface area contributed by atoms with Crippen molar-refractivity contribution < 1.29 is 15.0 Å². The fourth-order valence-corrected chi connectivity index (χ4v) is 1.70. The van der Waals surface area contributed by atoms with Gasteiger partial charge < -0.3 is 20.8 Å². The summed E-state index contributed by atoms with van der Waals surface area (Å²) >= 11 is 0. The molecule has 0 aromatic rings. The summed E-state index contributed by atoms with van der Waals surface area (Å²) in [5.74, 6) is -0.127. The standard InChI is InChI=1S/C10H20N2O3/c1-2-10(6-13,7-14)12-9(15)8-4-3-5-11-8/h8,11,13-14H,2-7H2,1H3,(H,12,15)/t8-/m1/s1. The van der Waals surface area contributed by atoms with Crippen molar-refractivity contribution in [1.29, 1.82) is 0 Å². The highest BCUT2D eigenvalue weighted by atomic mass is 16.3. The first-order chi connectivity index (χ1) is 7.17. The Labute approximate surface area is 89.9 Å². The highest BCUT2D eigenvalue weighted by Crippen LogP contribution is 2.11. The van der Waals surface area contributed by atoms with Crippen LogP contribution in [0, 0.1) is 0 Å². The fraction of sp³-hybridized carbons (Fsp3) is 0.900. The van der Waals surface area contributed by atoms with Crippen molar-refractivity contribution in [3.05, 3.63) is 0 Å². The first kappa shape index (κ1) is 12.4. The molecule has 1 atom stereocenters. The highest BCUT2D eigenvalue weighted by Gasteiger charge is 2.32. The van der Waals surface area contributed by atoms with Crippen LogP contribution >= 0.6 is 0 Å². The van der Waals surface area contributed by atoms with E-state index in [2.05, 4.69) is 10.6 Å². The number of hydrogen-bond donors (Lipinski definition) is 4. The van der Waals surface area contributed by atoms with Crippen molar-refractivity contribution in [2.45, 2.75) is 37.8 Å². The third-order valence-corrected chi connectivity index (χ3v) is 3.05. The molecule has 88 valence electrons. The van der Waals surface area contributed by atoms with Crippen LogP contribution in [0.15, 0.2) is 0 Å². The lowest BCUT2D eigenvalue weighted by Gasteiger charge is -2.30. The normalized spacial score (nSPS) is 21.7. The van der Waals surface area contributed by atoms with Crippen LogP contribution in [0.4, 0.5) is 0 Å². The number of carbonyl (C=O) groups is 1. The molecular weight excluding hydrogens is 196 g/mol. The summed E-state index contributed by atoms with van der Waals surface area (Å²) < 4.78 is 0. The molecule has 1 rings (SSSR count). The highest BCUT2D eigenvalue weighted by molar-refractivity contribution is 5.82. The van der Waals surface area contributed by atoms with Gasteiger partial charge in [0.1, 0.15) is 0 Å². The largest absolute Gasteiger partial charge is 0.394 e. The van der Waals surface area contributed by atoms with Gasteiger partial charge >= 0.3 is 0 Å². The summed E-state index contributed by atoms with van der Waals surface area (Å²) in [5, 5.41) is 24.1. The maximum atomic E-state index is 11.7. The van der Waals surface area contributed by atoms with Crippen LogP contribution in [0.5, 0.6) is 0 Å². The fourth-order valence-electron chi connectivity index (χ4n) is 1.70. The molecule has 0 bridgehead atoms. The average Bonchev–Trinajstić information content (AvgIpc) is 2.79. The molecule has 1 heterocycles. The van der Waals surface area contributed by atoms with E-state index in [1.165, 1.54) is 0 Å². The number of aliphatic hydroxyl groups is 2. The predicted octanol–water partition coefficient (Wildman–Crippen LogP) is -1.01. The Morgan fingerprint density at radius 2 is 2.20 bits per heavy atom. The lowest BCUT2D eigenvalue weighted by atomic mass is 9.97. The van der Waals surface area contributed by atoms with Crippen LogP contribution in [0.1, 0.15) is 26.2 Å². The Morgan fingerprint density at radius 1 is 1.53 bits per heavy atom. The Kier molecular flexibility index (Phi) is 4.50. The topological polar surface area (TPSA) is 81.6 Å². The van der Waals surface area contributed by atoms with Crippen LogP contribution in [0.3, 0.4) is 0 Å². The second-order valence-electron chi connectivity index (χ2n) is 4.09. The summed E-state index contributed by atoms with van der Waals surface area (Å²) in [6, 6.07) is -0.172. The molecule has 0 spiro atoms. The van der Waals surface area contributed by atoms with Gasteiger partial charge in [0.25, 0.3) is 0 Å². The molecule has 0 aromatic carbocycles. The molecule has 4 N–H and O–H groups in total. The first-order valence-corrected chi connectivity index (χ1v) is 5.44. The molecule has 1 fully saturated rings. The summed E-state index contributed by atoms with van der Waals surface area (Å²) in [4.78, 5) is 11.7. The number of aliphatic hydroxyl groups excluding tert-OH is 2. The van der Waals surface area contributed by atoms with Crippen LogP contribution in [0.25, 0.3) is 0 Å². The number of hydrogen-bond acceptors (Lipinski definition) is 4. The van der Waals surface area contributed by atoms with Crippen LogP contribution in [-0.2, 0) is 4.79 Å². The SMILES string of the molecule is CCC(CO)(CO)NC(=O)[C@H]1CCCN1. The third kappa shape index (κ3) is 2.90. The van der Waals surface area contributed by atoms with E-state index in [0.717, 1.165) is 19.4 Å². The zero-order valence-corrected chi connectivity index (χ0v) is 9.12. The molecule has 5 nitrogen and oxygen atoms in total. The number of nitrogens with one attached hydrogen (secondary N) is 2. The maximum absolute atomic E-state index is 11.7.